The fraction of sp³-hybridized carbons (Fsp3) is 0.409. The first kappa shape index (κ1) is 22.2. The number of esters is 2. The van der Waals surface area contributed by atoms with Crippen LogP contribution in [0.4, 0.5) is 5.82 Å². The highest BCUT2D eigenvalue weighted by Gasteiger charge is 2.25. The second-order valence-electron chi connectivity index (χ2n) is 6.95. The van der Waals surface area contributed by atoms with E-state index in [1.54, 1.807) is 49.9 Å². The van der Waals surface area contributed by atoms with E-state index in [1.807, 2.05) is 0 Å². The van der Waals surface area contributed by atoms with Crippen LogP contribution in [-0.4, -0.2) is 72.1 Å². The summed E-state index contributed by atoms with van der Waals surface area (Å²) in [4.78, 5) is 49.0. The highest BCUT2D eigenvalue weighted by Crippen LogP contribution is 2.17. The zero-order valence-electron chi connectivity index (χ0n) is 18.0. The Morgan fingerprint density at radius 1 is 0.935 bits per heavy atom. The molecule has 0 aromatic carbocycles. The molecule has 164 valence electrons. The van der Waals surface area contributed by atoms with E-state index in [9.17, 15) is 14.4 Å². The summed E-state index contributed by atoms with van der Waals surface area (Å²) in [7, 11) is 0. The maximum atomic E-state index is 12.8. The van der Waals surface area contributed by atoms with E-state index in [0.717, 1.165) is 5.82 Å². The number of piperazine rings is 1. The molecule has 1 aliphatic rings. The van der Waals surface area contributed by atoms with Crippen LogP contribution in [0.25, 0.3) is 0 Å². The van der Waals surface area contributed by atoms with Crippen LogP contribution in [-0.2, 0) is 9.47 Å². The molecule has 0 bridgehead atoms. The van der Waals surface area contributed by atoms with Crippen LogP contribution >= 0.6 is 0 Å². The third kappa shape index (κ3) is 5.17. The lowest BCUT2D eigenvalue weighted by molar-refractivity contribution is 0.0515. The van der Waals surface area contributed by atoms with Crippen LogP contribution in [0.5, 0.6) is 0 Å². The standard InChI is InChI=1S/C22H26N4O5/c1-4-30-21(28)16-6-9-19(23-14-16)25-10-12-26(13-11-25)20(27)18-8-7-17(15(3)24-18)22(29)31-5-2/h6-9,14H,4-5,10-13H2,1-3H3. The maximum Gasteiger partial charge on any atom is 0.339 e. The van der Waals surface area contributed by atoms with E-state index in [2.05, 4.69) is 14.9 Å². The quantitative estimate of drug-likeness (QED) is 0.647. The second kappa shape index (κ2) is 10.0. The molecule has 3 rings (SSSR count). The molecule has 2 aromatic rings. The molecule has 0 N–H and O–H groups in total. The van der Waals surface area contributed by atoms with Crippen molar-refractivity contribution in [2.24, 2.45) is 0 Å². The van der Waals surface area contributed by atoms with Gasteiger partial charge in [-0.15, -0.1) is 0 Å². The summed E-state index contributed by atoms with van der Waals surface area (Å²) in [5, 5.41) is 0. The largest absolute Gasteiger partial charge is 0.462 e. The fourth-order valence-corrected chi connectivity index (χ4v) is 3.31. The number of aromatic nitrogens is 2. The van der Waals surface area contributed by atoms with E-state index in [0.29, 0.717) is 55.3 Å². The van der Waals surface area contributed by atoms with Crippen LogP contribution in [0, 0.1) is 6.92 Å². The van der Waals surface area contributed by atoms with Gasteiger partial charge in [0.15, 0.2) is 0 Å². The van der Waals surface area contributed by atoms with Crippen LogP contribution in [0.3, 0.4) is 0 Å². The molecule has 1 saturated heterocycles. The van der Waals surface area contributed by atoms with Crippen molar-refractivity contribution in [1.82, 2.24) is 14.9 Å². The number of hydrogen-bond donors (Lipinski definition) is 0. The number of rotatable bonds is 6. The molecule has 1 aliphatic heterocycles. The lowest BCUT2D eigenvalue weighted by Gasteiger charge is -2.35. The van der Waals surface area contributed by atoms with Crippen molar-refractivity contribution in [3.63, 3.8) is 0 Å². The topological polar surface area (TPSA) is 102 Å². The Kier molecular flexibility index (Phi) is 7.17. The molecule has 0 saturated carbocycles. The highest BCUT2D eigenvalue weighted by atomic mass is 16.5. The maximum absolute atomic E-state index is 12.8. The van der Waals surface area contributed by atoms with Gasteiger partial charge in [-0.1, -0.05) is 0 Å². The Balaban J connectivity index is 1.60. The normalized spacial score (nSPS) is 13.6. The van der Waals surface area contributed by atoms with Crippen molar-refractivity contribution >= 4 is 23.7 Å². The minimum Gasteiger partial charge on any atom is -0.462 e. The lowest BCUT2D eigenvalue weighted by Crippen LogP contribution is -2.49. The molecule has 1 amide bonds. The average molecular weight is 426 g/mol. The lowest BCUT2D eigenvalue weighted by atomic mass is 10.1. The van der Waals surface area contributed by atoms with Gasteiger partial charge in [0, 0.05) is 32.4 Å². The average Bonchev–Trinajstić information content (AvgIpc) is 2.79. The Morgan fingerprint density at radius 2 is 1.61 bits per heavy atom. The molecule has 0 aliphatic carbocycles. The molecule has 9 heteroatoms. The molecule has 0 atom stereocenters. The zero-order valence-corrected chi connectivity index (χ0v) is 18.0. The summed E-state index contributed by atoms with van der Waals surface area (Å²) in [6.07, 6.45) is 1.50. The Morgan fingerprint density at radius 3 is 2.19 bits per heavy atom. The summed E-state index contributed by atoms with van der Waals surface area (Å²) in [6.45, 7) is 8.02. The SMILES string of the molecule is CCOC(=O)c1ccc(N2CCN(C(=O)c3ccc(C(=O)OCC)c(C)n3)CC2)nc1. The predicted molar refractivity (Wildman–Crippen MR) is 113 cm³/mol. The fourth-order valence-electron chi connectivity index (χ4n) is 3.31. The van der Waals surface area contributed by atoms with Gasteiger partial charge in [-0.25, -0.2) is 19.6 Å². The molecule has 1 fully saturated rings. The molecular weight excluding hydrogens is 400 g/mol. The number of hydrogen-bond acceptors (Lipinski definition) is 8. The second-order valence-corrected chi connectivity index (χ2v) is 6.95. The summed E-state index contributed by atoms with van der Waals surface area (Å²) < 4.78 is 9.97. The van der Waals surface area contributed by atoms with E-state index in [4.69, 9.17) is 9.47 Å². The minimum absolute atomic E-state index is 0.177. The van der Waals surface area contributed by atoms with E-state index < -0.39 is 11.9 Å². The van der Waals surface area contributed by atoms with Crippen molar-refractivity contribution in [2.45, 2.75) is 20.8 Å². The summed E-state index contributed by atoms with van der Waals surface area (Å²) >= 11 is 0. The highest BCUT2D eigenvalue weighted by molar-refractivity contribution is 5.95. The molecule has 31 heavy (non-hydrogen) atoms. The molecule has 0 spiro atoms. The number of anilines is 1. The number of pyridine rings is 2. The van der Waals surface area contributed by atoms with Crippen molar-refractivity contribution < 1.29 is 23.9 Å². The number of carbonyl (C=O) groups excluding carboxylic acids is 3. The van der Waals surface area contributed by atoms with E-state index in [1.165, 1.54) is 6.20 Å². The van der Waals surface area contributed by atoms with E-state index in [-0.39, 0.29) is 12.5 Å². The molecule has 9 nitrogen and oxygen atoms in total. The third-order valence-corrected chi connectivity index (χ3v) is 4.95. The van der Waals surface area contributed by atoms with Crippen molar-refractivity contribution in [1.29, 1.82) is 0 Å². The molecule has 0 radical (unpaired) electrons. The zero-order chi connectivity index (χ0) is 22.4. The first-order chi connectivity index (χ1) is 14.9. The summed E-state index contributed by atoms with van der Waals surface area (Å²) in [6, 6.07) is 6.61. The molecule has 0 unspecified atom stereocenters. The van der Waals surface area contributed by atoms with Crippen molar-refractivity contribution in [3.05, 3.63) is 53.0 Å². The van der Waals surface area contributed by atoms with Crippen molar-refractivity contribution in [2.75, 3.05) is 44.3 Å². The third-order valence-electron chi connectivity index (χ3n) is 4.95. The Labute approximate surface area is 181 Å². The smallest absolute Gasteiger partial charge is 0.339 e. The van der Waals surface area contributed by atoms with Crippen molar-refractivity contribution in [3.8, 4) is 0 Å². The minimum atomic E-state index is -0.443. The van der Waals surface area contributed by atoms with Gasteiger partial charge in [-0.05, 0) is 45.0 Å². The summed E-state index contributed by atoms with van der Waals surface area (Å²) in [5.41, 5.74) is 1.54. The van der Waals surface area contributed by atoms with Crippen LogP contribution < -0.4 is 4.90 Å². The molecular formula is C22H26N4O5. The van der Waals surface area contributed by atoms with Crippen LogP contribution in [0.15, 0.2) is 30.5 Å². The van der Waals surface area contributed by atoms with Gasteiger partial charge >= 0.3 is 11.9 Å². The first-order valence-corrected chi connectivity index (χ1v) is 10.3. The number of carbonyl (C=O) groups is 3. The number of aryl methyl sites for hydroxylation is 1. The van der Waals surface area contributed by atoms with Gasteiger partial charge in [0.2, 0.25) is 0 Å². The van der Waals surface area contributed by atoms with E-state index >= 15 is 0 Å². The number of ether oxygens (including phenoxy) is 2. The Bertz CT molecular complexity index is 953. The monoisotopic (exact) mass is 426 g/mol. The Hall–Kier alpha value is -3.49. The van der Waals surface area contributed by atoms with Gasteiger partial charge in [-0.3, -0.25) is 4.79 Å². The van der Waals surface area contributed by atoms with Gasteiger partial charge in [0.25, 0.3) is 5.91 Å². The van der Waals surface area contributed by atoms with Crippen LogP contribution in [0.1, 0.15) is 50.7 Å². The van der Waals surface area contributed by atoms with Gasteiger partial charge in [0.05, 0.1) is 30.0 Å². The first-order valence-electron chi connectivity index (χ1n) is 10.3. The van der Waals surface area contributed by atoms with Gasteiger partial charge in [0.1, 0.15) is 11.5 Å². The molecule has 3 heterocycles. The number of amides is 1. The van der Waals surface area contributed by atoms with Crippen LogP contribution in [0.2, 0.25) is 0 Å². The predicted octanol–water partition coefficient (Wildman–Crippen LogP) is 2.10. The summed E-state index contributed by atoms with van der Waals surface area (Å²) in [5.74, 6) is -0.271. The number of nitrogens with zero attached hydrogens (tertiary/aromatic N) is 4. The van der Waals surface area contributed by atoms with Gasteiger partial charge in [-0.2, -0.15) is 0 Å². The van der Waals surface area contributed by atoms with Gasteiger partial charge < -0.3 is 19.3 Å². The molecule has 2 aromatic heterocycles.